The lowest BCUT2D eigenvalue weighted by molar-refractivity contribution is 0.198. The van der Waals surface area contributed by atoms with E-state index in [1.807, 2.05) is 30.8 Å². The predicted octanol–water partition coefficient (Wildman–Crippen LogP) is 3.48. The predicted molar refractivity (Wildman–Crippen MR) is 93.1 cm³/mol. The lowest BCUT2D eigenvalue weighted by Crippen LogP contribution is -2.47. The number of thiazole rings is 1. The van der Waals surface area contributed by atoms with Crippen LogP contribution in [0.15, 0.2) is 34.3 Å². The first kappa shape index (κ1) is 14.7. The number of anilines is 1. The molecule has 6 heteroatoms. The maximum absolute atomic E-state index is 5.72. The van der Waals surface area contributed by atoms with Gasteiger partial charge in [0.25, 0.3) is 0 Å². The molecule has 23 heavy (non-hydrogen) atoms. The highest BCUT2D eigenvalue weighted by molar-refractivity contribution is 7.09. The van der Waals surface area contributed by atoms with Gasteiger partial charge in [0.2, 0.25) is 0 Å². The van der Waals surface area contributed by atoms with Crippen LogP contribution in [-0.4, -0.2) is 41.0 Å². The van der Waals surface area contributed by atoms with Crippen LogP contribution in [0.3, 0.4) is 0 Å². The fourth-order valence-corrected chi connectivity index (χ4v) is 3.97. The van der Waals surface area contributed by atoms with Crippen LogP contribution in [0, 0.1) is 6.92 Å². The summed E-state index contributed by atoms with van der Waals surface area (Å²) in [4.78, 5) is 13.9. The van der Waals surface area contributed by atoms with Crippen molar-refractivity contribution < 1.29 is 4.42 Å². The molecule has 1 fully saturated rings. The summed E-state index contributed by atoms with van der Waals surface area (Å²) in [5.74, 6) is 1.98. The zero-order valence-corrected chi connectivity index (χ0v) is 14.2. The molecule has 1 aliphatic heterocycles. The van der Waals surface area contributed by atoms with Gasteiger partial charge in [-0.15, -0.1) is 11.3 Å². The highest BCUT2D eigenvalue weighted by Crippen LogP contribution is 2.29. The molecule has 0 spiro atoms. The standard InChI is InChI=1S/C17H20N4OS/c1-12-11-14-15(22-12)3-4-18-16(14)21-8-6-20(7-9-21)13(2)17-19-5-10-23-17/h3-5,10-11,13H,6-9H2,1-2H3. The Balaban J connectivity index is 1.51. The Morgan fingerprint density at radius 2 is 2.00 bits per heavy atom. The average Bonchev–Trinajstić information content (AvgIpc) is 3.22. The van der Waals surface area contributed by atoms with Crippen molar-refractivity contribution >= 4 is 28.1 Å². The van der Waals surface area contributed by atoms with E-state index in [1.54, 1.807) is 11.3 Å². The zero-order chi connectivity index (χ0) is 15.8. The fraction of sp³-hybridized carbons (Fsp3) is 0.412. The van der Waals surface area contributed by atoms with Crippen molar-refractivity contribution in [1.82, 2.24) is 14.9 Å². The normalized spacial score (nSPS) is 17.7. The molecule has 1 atom stereocenters. The first-order valence-corrected chi connectivity index (χ1v) is 8.84. The molecule has 1 unspecified atom stereocenters. The topological polar surface area (TPSA) is 45.4 Å². The number of furan rings is 1. The van der Waals surface area contributed by atoms with Crippen molar-refractivity contribution in [3.05, 3.63) is 40.7 Å². The first-order chi connectivity index (χ1) is 11.2. The number of rotatable bonds is 3. The summed E-state index contributed by atoms with van der Waals surface area (Å²) in [6.45, 7) is 8.23. The number of pyridine rings is 1. The van der Waals surface area contributed by atoms with Gasteiger partial charge >= 0.3 is 0 Å². The van der Waals surface area contributed by atoms with E-state index >= 15 is 0 Å². The van der Waals surface area contributed by atoms with Crippen molar-refractivity contribution in [3.8, 4) is 0 Å². The molecule has 0 saturated carbocycles. The number of piperazine rings is 1. The minimum Gasteiger partial charge on any atom is -0.461 e. The second-order valence-electron chi connectivity index (χ2n) is 5.97. The molecule has 120 valence electrons. The number of aryl methyl sites for hydroxylation is 1. The number of aromatic nitrogens is 2. The summed E-state index contributed by atoms with van der Waals surface area (Å²) in [5, 5.41) is 4.36. The van der Waals surface area contributed by atoms with Crippen molar-refractivity contribution in [1.29, 1.82) is 0 Å². The van der Waals surface area contributed by atoms with E-state index in [1.165, 1.54) is 5.01 Å². The van der Waals surface area contributed by atoms with E-state index < -0.39 is 0 Å². The molecule has 1 saturated heterocycles. The maximum atomic E-state index is 5.72. The maximum Gasteiger partial charge on any atom is 0.139 e. The van der Waals surface area contributed by atoms with Crippen molar-refractivity contribution in [2.75, 3.05) is 31.1 Å². The third-order valence-corrected chi connectivity index (χ3v) is 5.46. The highest BCUT2D eigenvalue weighted by atomic mass is 32.1. The summed E-state index contributed by atoms with van der Waals surface area (Å²) < 4.78 is 5.72. The second kappa shape index (κ2) is 5.94. The lowest BCUT2D eigenvalue weighted by Gasteiger charge is -2.38. The van der Waals surface area contributed by atoms with Gasteiger partial charge in [-0.2, -0.15) is 0 Å². The van der Waals surface area contributed by atoms with Gasteiger partial charge < -0.3 is 9.32 Å². The quantitative estimate of drug-likeness (QED) is 0.736. The number of fused-ring (bicyclic) bond motifs is 1. The molecule has 3 aromatic heterocycles. The van der Waals surface area contributed by atoms with Crippen LogP contribution < -0.4 is 4.90 Å². The smallest absolute Gasteiger partial charge is 0.139 e. The molecule has 0 bridgehead atoms. The average molecular weight is 328 g/mol. The molecule has 3 aromatic rings. The Morgan fingerprint density at radius 1 is 1.17 bits per heavy atom. The van der Waals surface area contributed by atoms with E-state index in [0.717, 1.165) is 48.7 Å². The summed E-state index contributed by atoms with van der Waals surface area (Å²) in [6, 6.07) is 4.41. The van der Waals surface area contributed by atoms with Gasteiger partial charge in [0.05, 0.1) is 11.4 Å². The summed E-state index contributed by atoms with van der Waals surface area (Å²) in [6.07, 6.45) is 3.73. The molecule has 0 aromatic carbocycles. The van der Waals surface area contributed by atoms with Gasteiger partial charge in [0, 0.05) is 44.0 Å². The van der Waals surface area contributed by atoms with Gasteiger partial charge in [-0.05, 0) is 26.0 Å². The highest BCUT2D eigenvalue weighted by Gasteiger charge is 2.25. The summed E-state index contributed by atoms with van der Waals surface area (Å²) in [5.41, 5.74) is 0.922. The molecule has 1 aliphatic rings. The van der Waals surface area contributed by atoms with Gasteiger partial charge in [-0.25, -0.2) is 9.97 Å². The van der Waals surface area contributed by atoms with E-state index in [9.17, 15) is 0 Å². The van der Waals surface area contributed by atoms with Crippen LogP contribution in [0.2, 0.25) is 0 Å². The van der Waals surface area contributed by atoms with Crippen LogP contribution in [-0.2, 0) is 0 Å². The van der Waals surface area contributed by atoms with Crippen molar-refractivity contribution in [2.24, 2.45) is 0 Å². The Hall–Kier alpha value is -1.92. The fourth-order valence-electron chi connectivity index (χ4n) is 3.25. The Labute approximate surface area is 139 Å². The van der Waals surface area contributed by atoms with E-state index in [-0.39, 0.29) is 0 Å². The van der Waals surface area contributed by atoms with Gasteiger partial charge in [-0.3, -0.25) is 4.90 Å². The molecular formula is C17H20N4OS. The monoisotopic (exact) mass is 328 g/mol. The number of nitrogens with zero attached hydrogens (tertiary/aromatic N) is 4. The Kier molecular flexibility index (Phi) is 3.79. The summed E-state index contributed by atoms with van der Waals surface area (Å²) >= 11 is 1.74. The molecule has 4 rings (SSSR count). The minimum absolute atomic E-state index is 0.386. The lowest BCUT2D eigenvalue weighted by atomic mass is 10.2. The van der Waals surface area contributed by atoms with E-state index in [0.29, 0.717) is 6.04 Å². The molecule has 5 nitrogen and oxygen atoms in total. The van der Waals surface area contributed by atoms with Crippen LogP contribution in [0.25, 0.3) is 11.0 Å². The largest absolute Gasteiger partial charge is 0.461 e. The SMILES string of the molecule is Cc1cc2c(N3CCN(C(C)c4nccs4)CC3)nccc2o1. The Morgan fingerprint density at radius 3 is 2.74 bits per heavy atom. The molecule has 0 amide bonds. The van der Waals surface area contributed by atoms with E-state index in [2.05, 4.69) is 32.8 Å². The van der Waals surface area contributed by atoms with Crippen molar-refractivity contribution in [2.45, 2.75) is 19.9 Å². The van der Waals surface area contributed by atoms with Crippen LogP contribution in [0.1, 0.15) is 23.7 Å². The van der Waals surface area contributed by atoms with Crippen LogP contribution in [0.4, 0.5) is 5.82 Å². The van der Waals surface area contributed by atoms with Crippen LogP contribution in [0.5, 0.6) is 0 Å². The minimum atomic E-state index is 0.386. The molecule has 0 aliphatic carbocycles. The molecule has 0 N–H and O–H groups in total. The molecule has 4 heterocycles. The summed E-state index contributed by atoms with van der Waals surface area (Å²) in [7, 11) is 0. The third kappa shape index (κ3) is 2.72. The van der Waals surface area contributed by atoms with Crippen molar-refractivity contribution in [3.63, 3.8) is 0 Å². The van der Waals surface area contributed by atoms with Gasteiger partial charge in [0.15, 0.2) is 0 Å². The van der Waals surface area contributed by atoms with Gasteiger partial charge in [-0.1, -0.05) is 0 Å². The van der Waals surface area contributed by atoms with E-state index in [4.69, 9.17) is 4.42 Å². The molecule has 0 radical (unpaired) electrons. The number of hydrogen-bond acceptors (Lipinski definition) is 6. The first-order valence-electron chi connectivity index (χ1n) is 7.96. The second-order valence-corrected chi connectivity index (χ2v) is 6.90. The third-order valence-electron chi connectivity index (χ3n) is 4.52. The zero-order valence-electron chi connectivity index (χ0n) is 13.4. The van der Waals surface area contributed by atoms with Crippen LogP contribution >= 0.6 is 11.3 Å². The van der Waals surface area contributed by atoms with Gasteiger partial charge in [0.1, 0.15) is 22.2 Å². The molecular weight excluding hydrogens is 308 g/mol. The number of hydrogen-bond donors (Lipinski definition) is 0. The Bertz CT molecular complexity index is 790.